The Kier molecular flexibility index (Phi) is 8.59. The molecule has 25 heavy (non-hydrogen) atoms. The molecule has 1 heterocycles. The molecule has 1 fully saturated rings. The number of methoxy groups -OCH3 is 1. The van der Waals surface area contributed by atoms with Gasteiger partial charge in [-0.15, -0.1) is 0 Å². The highest BCUT2D eigenvalue weighted by Crippen LogP contribution is 2.32. The maximum Gasteiger partial charge on any atom is 0.323 e. The molecular formula is C19H34N2O4. The van der Waals surface area contributed by atoms with E-state index in [-0.39, 0.29) is 35.9 Å². The van der Waals surface area contributed by atoms with Crippen LogP contribution in [-0.2, 0) is 19.1 Å². The molecule has 0 aromatic heterocycles. The van der Waals surface area contributed by atoms with Gasteiger partial charge in [-0.1, -0.05) is 25.5 Å². The molecular weight excluding hydrogens is 320 g/mol. The Balaban J connectivity index is 3.15. The zero-order valence-electron chi connectivity index (χ0n) is 16.4. The van der Waals surface area contributed by atoms with Gasteiger partial charge < -0.3 is 14.8 Å². The maximum absolute atomic E-state index is 12.2. The van der Waals surface area contributed by atoms with Crippen molar-refractivity contribution in [2.75, 3.05) is 13.7 Å². The monoisotopic (exact) mass is 354 g/mol. The molecule has 0 unspecified atom stereocenters. The second-order valence-corrected chi connectivity index (χ2v) is 6.87. The Labute approximate surface area is 151 Å². The molecule has 6 nitrogen and oxygen atoms in total. The van der Waals surface area contributed by atoms with Crippen molar-refractivity contribution in [2.24, 2.45) is 5.92 Å². The Bertz CT molecular complexity index is 480. The summed E-state index contributed by atoms with van der Waals surface area (Å²) in [6, 6.07) is -0.730. The lowest BCUT2D eigenvalue weighted by atomic mass is 9.81. The van der Waals surface area contributed by atoms with Gasteiger partial charge in [-0.2, -0.15) is 0 Å². The van der Waals surface area contributed by atoms with E-state index in [1.165, 1.54) is 6.92 Å². The highest BCUT2D eigenvalue weighted by molar-refractivity contribution is 5.76. The van der Waals surface area contributed by atoms with Crippen LogP contribution >= 0.6 is 0 Å². The molecule has 0 aliphatic carbocycles. The SMILES string of the molecule is C/C=C\[C@@H]1C[C@H](C(=O)OCC)N[C@H]1[C@@H](NC(C)=O)[C@@](C)(CCC)OC. The molecule has 0 aromatic rings. The molecule has 0 saturated carbocycles. The molecule has 1 saturated heterocycles. The van der Waals surface area contributed by atoms with E-state index in [9.17, 15) is 9.59 Å². The van der Waals surface area contributed by atoms with Crippen LogP contribution < -0.4 is 10.6 Å². The predicted octanol–water partition coefficient (Wildman–Crippen LogP) is 2.18. The second-order valence-electron chi connectivity index (χ2n) is 6.87. The number of esters is 1. The molecule has 0 spiro atoms. The highest BCUT2D eigenvalue weighted by Gasteiger charge is 2.47. The van der Waals surface area contributed by atoms with Crippen molar-refractivity contribution in [3.63, 3.8) is 0 Å². The molecule has 0 bridgehead atoms. The van der Waals surface area contributed by atoms with Crippen LogP contribution in [-0.4, -0.2) is 49.3 Å². The Morgan fingerprint density at radius 2 is 2.08 bits per heavy atom. The van der Waals surface area contributed by atoms with E-state index in [1.807, 2.05) is 19.9 Å². The average molecular weight is 354 g/mol. The van der Waals surface area contributed by atoms with Gasteiger partial charge in [0.1, 0.15) is 6.04 Å². The van der Waals surface area contributed by atoms with Crippen LogP contribution in [0.5, 0.6) is 0 Å². The van der Waals surface area contributed by atoms with Crippen LogP contribution in [0.2, 0.25) is 0 Å². The molecule has 2 N–H and O–H groups in total. The maximum atomic E-state index is 12.2. The quantitative estimate of drug-likeness (QED) is 0.490. The molecule has 0 radical (unpaired) electrons. The minimum absolute atomic E-state index is 0.106. The first-order valence-electron chi connectivity index (χ1n) is 9.20. The Morgan fingerprint density at radius 1 is 1.40 bits per heavy atom. The summed E-state index contributed by atoms with van der Waals surface area (Å²) >= 11 is 0. The molecule has 6 heteroatoms. The lowest BCUT2D eigenvalue weighted by Gasteiger charge is -2.41. The highest BCUT2D eigenvalue weighted by atomic mass is 16.5. The van der Waals surface area contributed by atoms with Gasteiger partial charge in [-0.3, -0.25) is 14.9 Å². The molecule has 1 aliphatic rings. The molecule has 1 aliphatic heterocycles. The zero-order chi connectivity index (χ0) is 19.0. The van der Waals surface area contributed by atoms with Crippen molar-refractivity contribution in [2.45, 2.75) is 77.6 Å². The van der Waals surface area contributed by atoms with E-state index in [1.54, 1.807) is 14.0 Å². The third-order valence-corrected chi connectivity index (χ3v) is 4.96. The second kappa shape index (κ2) is 9.92. The Hall–Kier alpha value is -1.40. The van der Waals surface area contributed by atoms with Gasteiger partial charge >= 0.3 is 5.97 Å². The predicted molar refractivity (Wildman–Crippen MR) is 98.2 cm³/mol. The minimum atomic E-state index is -0.526. The number of rotatable bonds is 9. The van der Waals surface area contributed by atoms with Crippen LogP contribution in [0.3, 0.4) is 0 Å². The van der Waals surface area contributed by atoms with Gasteiger partial charge in [0.15, 0.2) is 0 Å². The van der Waals surface area contributed by atoms with E-state index >= 15 is 0 Å². The van der Waals surface area contributed by atoms with Crippen LogP contribution in [0.4, 0.5) is 0 Å². The lowest BCUT2D eigenvalue weighted by Crippen LogP contribution is -2.62. The summed E-state index contributed by atoms with van der Waals surface area (Å²) in [6.45, 7) is 9.74. The number of nitrogens with one attached hydrogen (secondary N) is 2. The van der Waals surface area contributed by atoms with Gasteiger partial charge in [0, 0.05) is 20.1 Å². The lowest BCUT2D eigenvalue weighted by molar-refractivity contribution is -0.145. The van der Waals surface area contributed by atoms with Crippen molar-refractivity contribution in [3.8, 4) is 0 Å². The third-order valence-electron chi connectivity index (χ3n) is 4.96. The summed E-state index contributed by atoms with van der Waals surface area (Å²) in [5, 5.41) is 6.46. The third kappa shape index (κ3) is 5.54. The summed E-state index contributed by atoms with van der Waals surface area (Å²) < 4.78 is 11.0. The number of hydrogen-bond donors (Lipinski definition) is 2. The summed E-state index contributed by atoms with van der Waals surface area (Å²) in [6.07, 6.45) is 6.47. The first-order valence-corrected chi connectivity index (χ1v) is 9.20. The van der Waals surface area contributed by atoms with Crippen molar-refractivity contribution in [1.29, 1.82) is 0 Å². The van der Waals surface area contributed by atoms with Crippen molar-refractivity contribution < 1.29 is 19.1 Å². The van der Waals surface area contributed by atoms with Gasteiger partial charge in [0.25, 0.3) is 0 Å². The van der Waals surface area contributed by atoms with E-state index < -0.39 is 5.60 Å². The van der Waals surface area contributed by atoms with E-state index in [0.29, 0.717) is 13.0 Å². The van der Waals surface area contributed by atoms with E-state index in [4.69, 9.17) is 9.47 Å². The minimum Gasteiger partial charge on any atom is -0.465 e. The number of carbonyl (C=O) groups excluding carboxylic acids is 2. The zero-order valence-corrected chi connectivity index (χ0v) is 16.4. The van der Waals surface area contributed by atoms with E-state index in [2.05, 4.69) is 23.6 Å². The molecule has 144 valence electrons. The fraction of sp³-hybridized carbons (Fsp3) is 0.789. The van der Waals surface area contributed by atoms with Crippen LogP contribution in [0.25, 0.3) is 0 Å². The fourth-order valence-corrected chi connectivity index (χ4v) is 3.76. The smallest absolute Gasteiger partial charge is 0.323 e. The first-order chi connectivity index (χ1) is 11.8. The summed E-state index contributed by atoms with van der Waals surface area (Å²) in [5.74, 6) is -0.233. The van der Waals surface area contributed by atoms with E-state index in [0.717, 1.165) is 12.8 Å². The van der Waals surface area contributed by atoms with Crippen LogP contribution in [0.15, 0.2) is 12.2 Å². The van der Waals surface area contributed by atoms with Gasteiger partial charge in [-0.25, -0.2) is 0 Å². The van der Waals surface area contributed by atoms with Gasteiger partial charge in [0.05, 0.1) is 18.2 Å². The van der Waals surface area contributed by atoms with Crippen LogP contribution in [0.1, 0.15) is 53.9 Å². The van der Waals surface area contributed by atoms with Gasteiger partial charge in [-0.05, 0) is 39.5 Å². The number of amides is 1. The van der Waals surface area contributed by atoms with Crippen LogP contribution in [0, 0.1) is 5.92 Å². The first kappa shape index (κ1) is 21.6. The van der Waals surface area contributed by atoms with Crippen molar-refractivity contribution in [1.82, 2.24) is 10.6 Å². The fourth-order valence-electron chi connectivity index (χ4n) is 3.76. The largest absolute Gasteiger partial charge is 0.465 e. The number of allylic oxidation sites excluding steroid dienone is 1. The van der Waals surface area contributed by atoms with Crippen molar-refractivity contribution in [3.05, 3.63) is 12.2 Å². The van der Waals surface area contributed by atoms with Gasteiger partial charge in [0.2, 0.25) is 5.91 Å². The average Bonchev–Trinajstić information content (AvgIpc) is 2.97. The number of hydrogen-bond acceptors (Lipinski definition) is 5. The topological polar surface area (TPSA) is 76.7 Å². The molecule has 1 rings (SSSR count). The summed E-state index contributed by atoms with van der Waals surface area (Å²) in [4.78, 5) is 24.1. The molecule has 5 atom stereocenters. The molecule has 0 aromatic carbocycles. The summed E-state index contributed by atoms with van der Waals surface area (Å²) in [5.41, 5.74) is -0.526. The number of carbonyl (C=O) groups is 2. The summed E-state index contributed by atoms with van der Waals surface area (Å²) in [7, 11) is 1.67. The molecule has 1 amide bonds. The normalized spacial score (nSPS) is 27.0. The van der Waals surface area contributed by atoms with Crippen molar-refractivity contribution >= 4 is 11.9 Å². The standard InChI is InChI=1S/C19H34N2O4/c1-7-10-14-12-15(18(23)25-9-3)21-16(14)17(20-13(4)22)19(5,24-6)11-8-2/h7,10,14-17,21H,8-9,11-12H2,1-6H3,(H,20,22)/b10-7-/t14-,15-,16-,17-,19-/m1/s1. The number of ether oxygens (including phenoxy) is 2. The Morgan fingerprint density at radius 3 is 2.56 bits per heavy atom.